The number of carbonyl (C=O) groups excluding carboxylic acids is 2. The standard InChI is InChI=1S/C22H16N2O5/c1-13-15(7-5-9-18(13)24(27)28)20-10-11-21(29-20)22(26)23-14(2)17(12-25)16-6-3-4-8-19(16)23/h3-12H,1-2H3. The third kappa shape index (κ3) is 2.84. The Balaban J connectivity index is 1.81. The molecule has 0 spiro atoms. The highest BCUT2D eigenvalue weighted by Crippen LogP contribution is 2.32. The molecular weight excluding hydrogens is 372 g/mol. The van der Waals surface area contributed by atoms with Crippen LogP contribution >= 0.6 is 0 Å². The summed E-state index contributed by atoms with van der Waals surface area (Å²) in [4.78, 5) is 35.4. The van der Waals surface area contributed by atoms with E-state index in [0.29, 0.717) is 39.0 Å². The maximum absolute atomic E-state index is 13.2. The zero-order chi connectivity index (χ0) is 20.7. The molecule has 0 amide bonds. The van der Waals surface area contributed by atoms with Crippen molar-refractivity contribution in [1.82, 2.24) is 4.57 Å². The molecule has 0 unspecified atom stereocenters. The predicted octanol–water partition coefficient (Wildman–Crippen LogP) is 4.93. The molecule has 2 aromatic carbocycles. The van der Waals surface area contributed by atoms with E-state index in [9.17, 15) is 19.7 Å². The first-order chi connectivity index (χ1) is 13.9. The fraction of sp³-hybridized carbons (Fsp3) is 0.0909. The molecule has 2 heterocycles. The van der Waals surface area contributed by atoms with Gasteiger partial charge in [0.1, 0.15) is 5.76 Å². The van der Waals surface area contributed by atoms with E-state index in [4.69, 9.17) is 4.42 Å². The largest absolute Gasteiger partial charge is 0.451 e. The molecule has 29 heavy (non-hydrogen) atoms. The molecule has 4 aromatic rings. The fourth-order valence-electron chi connectivity index (χ4n) is 3.60. The smallest absolute Gasteiger partial charge is 0.298 e. The van der Waals surface area contributed by atoms with E-state index < -0.39 is 10.8 Å². The third-order valence-electron chi connectivity index (χ3n) is 5.07. The number of nitrogens with zero attached hydrogens (tertiary/aromatic N) is 2. The van der Waals surface area contributed by atoms with Crippen molar-refractivity contribution in [2.45, 2.75) is 13.8 Å². The topological polar surface area (TPSA) is 95.3 Å². The second kappa shape index (κ2) is 6.87. The van der Waals surface area contributed by atoms with E-state index in [1.807, 2.05) is 0 Å². The van der Waals surface area contributed by atoms with E-state index in [1.165, 1.54) is 16.7 Å². The van der Waals surface area contributed by atoms with Gasteiger partial charge in [0, 0.05) is 33.8 Å². The average Bonchev–Trinajstić information content (AvgIpc) is 3.29. The lowest BCUT2D eigenvalue weighted by Crippen LogP contribution is -2.12. The van der Waals surface area contributed by atoms with Crippen LogP contribution in [-0.4, -0.2) is 21.7 Å². The lowest BCUT2D eigenvalue weighted by atomic mass is 10.1. The molecule has 0 radical (unpaired) electrons. The Bertz CT molecular complexity index is 1300. The van der Waals surface area contributed by atoms with Gasteiger partial charge in [0.2, 0.25) is 0 Å². The van der Waals surface area contributed by atoms with Crippen LogP contribution in [0.15, 0.2) is 59.0 Å². The second-order valence-corrected chi connectivity index (χ2v) is 6.65. The third-order valence-corrected chi connectivity index (χ3v) is 5.07. The van der Waals surface area contributed by atoms with Crippen LogP contribution in [0.2, 0.25) is 0 Å². The molecular formula is C22H16N2O5. The summed E-state index contributed by atoms with van der Waals surface area (Å²) < 4.78 is 7.21. The van der Waals surface area contributed by atoms with Crippen molar-refractivity contribution >= 4 is 28.8 Å². The van der Waals surface area contributed by atoms with Gasteiger partial charge in [-0.05, 0) is 32.0 Å². The van der Waals surface area contributed by atoms with Crippen LogP contribution in [-0.2, 0) is 0 Å². The number of hydrogen-bond acceptors (Lipinski definition) is 5. The molecule has 0 aliphatic rings. The Kier molecular flexibility index (Phi) is 4.35. The Morgan fingerprint density at radius 3 is 2.55 bits per heavy atom. The average molecular weight is 388 g/mol. The SMILES string of the molecule is Cc1c(-c2ccc(C(=O)n3c(C)c(C=O)c4ccccc43)o2)cccc1[N+](=O)[O-]. The molecule has 2 aromatic heterocycles. The van der Waals surface area contributed by atoms with E-state index in [2.05, 4.69) is 0 Å². The first kappa shape index (κ1) is 18.4. The Labute approximate surface area is 165 Å². The number of aldehydes is 1. The maximum Gasteiger partial charge on any atom is 0.298 e. The monoisotopic (exact) mass is 388 g/mol. The molecule has 0 fully saturated rings. The summed E-state index contributed by atoms with van der Waals surface area (Å²) in [5, 5.41) is 11.9. The molecule has 0 atom stereocenters. The van der Waals surface area contributed by atoms with Crippen molar-refractivity contribution in [3.8, 4) is 11.3 Å². The molecule has 0 bridgehead atoms. The van der Waals surface area contributed by atoms with Gasteiger partial charge in [0.05, 0.1) is 10.4 Å². The first-order valence-electron chi connectivity index (χ1n) is 8.88. The number of fused-ring (bicyclic) bond motifs is 1. The van der Waals surface area contributed by atoms with Gasteiger partial charge in [-0.3, -0.25) is 24.3 Å². The summed E-state index contributed by atoms with van der Waals surface area (Å²) in [6.07, 6.45) is 0.738. The van der Waals surface area contributed by atoms with Gasteiger partial charge in [-0.25, -0.2) is 0 Å². The van der Waals surface area contributed by atoms with Crippen molar-refractivity contribution in [3.05, 3.63) is 87.3 Å². The van der Waals surface area contributed by atoms with Gasteiger partial charge >= 0.3 is 0 Å². The number of nitro groups is 1. The van der Waals surface area contributed by atoms with Crippen molar-refractivity contribution in [2.24, 2.45) is 0 Å². The number of furan rings is 1. The van der Waals surface area contributed by atoms with Crippen molar-refractivity contribution < 1.29 is 18.9 Å². The summed E-state index contributed by atoms with van der Waals surface area (Å²) in [5.41, 5.74) is 2.57. The number of hydrogen-bond donors (Lipinski definition) is 0. The highest BCUT2D eigenvalue weighted by Gasteiger charge is 2.23. The Hall–Kier alpha value is -4.00. The molecule has 0 N–H and O–H groups in total. The number of para-hydroxylation sites is 1. The second-order valence-electron chi connectivity index (χ2n) is 6.65. The molecule has 144 valence electrons. The molecule has 7 nitrogen and oxygen atoms in total. The molecule has 0 saturated heterocycles. The molecule has 0 aliphatic carbocycles. The minimum absolute atomic E-state index is 0.0188. The number of benzene rings is 2. The van der Waals surface area contributed by atoms with Crippen LogP contribution in [0.4, 0.5) is 5.69 Å². The van der Waals surface area contributed by atoms with Crippen molar-refractivity contribution in [3.63, 3.8) is 0 Å². The minimum atomic E-state index is -0.454. The van der Waals surface area contributed by atoms with Crippen molar-refractivity contribution in [1.29, 1.82) is 0 Å². The molecule has 7 heteroatoms. The van der Waals surface area contributed by atoms with Gasteiger partial charge in [0.25, 0.3) is 11.6 Å². The Morgan fingerprint density at radius 2 is 1.83 bits per heavy atom. The van der Waals surface area contributed by atoms with Gasteiger partial charge in [-0.2, -0.15) is 0 Å². The number of rotatable bonds is 4. The van der Waals surface area contributed by atoms with Gasteiger partial charge in [0.15, 0.2) is 12.0 Å². The van der Waals surface area contributed by atoms with Gasteiger partial charge in [-0.1, -0.05) is 30.3 Å². The normalized spacial score (nSPS) is 11.0. The Morgan fingerprint density at radius 1 is 1.07 bits per heavy atom. The number of aromatic nitrogens is 1. The van der Waals surface area contributed by atoms with E-state index in [1.54, 1.807) is 56.3 Å². The number of nitro benzene ring substituents is 1. The zero-order valence-electron chi connectivity index (χ0n) is 15.7. The minimum Gasteiger partial charge on any atom is -0.451 e. The quantitative estimate of drug-likeness (QED) is 0.281. The maximum atomic E-state index is 13.2. The van der Waals surface area contributed by atoms with Gasteiger partial charge < -0.3 is 4.42 Å². The fourth-order valence-corrected chi connectivity index (χ4v) is 3.60. The lowest BCUT2D eigenvalue weighted by Gasteiger charge is -2.05. The lowest BCUT2D eigenvalue weighted by molar-refractivity contribution is -0.385. The zero-order valence-corrected chi connectivity index (χ0v) is 15.7. The van der Waals surface area contributed by atoms with E-state index in [0.717, 1.165) is 6.29 Å². The molecule has 0 aliphatic heterocycles. The summed E-state index contributed by atoms with van der Waals surface area (Å²) >= 11 is 0. The summed E-state index contributed by atoms with van der Waals surface area (Å²) in [7, 11) is 0. The van der Waals surface area contributed by atoms with Crippen LogP contribution in [0, 0.1) is 24.0 Å². The predicted molar refractivity (Wildman–Crippen MR) is 107 cm³/mol. The number of carbonyl (C=O) groups is 2. The highest BCUT2D eigenvalue weighted by molar-refractivity contribution is 6.07. The van der Waals surface area contributed by atoms with E-state index >= 15 is 0 Å². The van der Waals surface area contributed by atoms with Crippen LogP contribution in [0.3, 0.4) is 0 Å². The van der Waals surface area contributed by atoms with Crippen LogP contribution in [0.5, 0.6) is 0 Å². The summed E-state index contributed by atoms with van der Waals surface area (Å²) in [6.45, 7) is 3.34. The van der Waals surface area contributed by atoms with E-state index in [-0.39, 0.29) is 11.4 Å². The van der Waals surface area contributed by atoms with Crippen LogP contribution in [0.1, 0.15) is 32.2 Å². The highest BCUT2D eigenvalue weighted by atomic mass is 16.6. The van der Waals surface area contributed by atoms with Crippen LogP contribution in [0.25, 0.3) is 22.2 Å². The first-order valence-corrected chi connectivity index (χ1v) is 8.88. The van der Waals surface area contributed by atoms with Crippen LogP contribution < -0.4 is 0 Å². The summed E-state index contributed by atoms with van der Waals surface area (Å²) in [5.74, 6) is 0.0209. The molecule has 4 rings (SSSR count). The van der Waals surface area contributed by atoms with Crippen molar-refractivity contribution in [2.75, 3.05) is 0 Å². The van der Waals surface area contributed by atoms with Gasteiger partial charge in [-0.15, -0.1) is 0 Å². The summed E-state index contributed by atoms with van der Waals surface area (Å²) in [6, 6.07) is 15.0. The molecule has 0 saturated carbocycles.